The van der Waals surface area contributed by atoms with Gasteiger partial charge in [0.1, 0.15) is 47.1 Å². The number of rotatable bonds is 11. The van der Waals surface area contributed by atoms with Crippen LogP contribution in [0.5, 0.6) is 23.0 Å². The van der Waals surface area contributed by atoms with Gasteiger partial charge in [0.2, 0.25) is 0 Å². The Hall–Kier alpha value is -4.02. The van der Waals surface area contributed by atoms with Gasteiger partial charge in [0.25, 0.3) is 5.91 Å². The van der Waals surface area contributed by atoms with Crippen LogP contribution in [0.1, 0.15) is 16.7 Å². The minimum atomic E-state index is -1.13. The summed E-state index contributed by atoms with van der Waals surface area (Å²) in [5.74, 6) is 0.998. The van der Waals surface area contributed by atoms with Crippen molar-refractivity contribution in [3.8, 4) is 23.0 Å². The molecule has 0 saturated carbocycles. The summed E-state index contributed by atoms with van der Waals surface area (Å²) in [7, 11) is 3.22. The van der Waals surface area contributed by atoms with Crippen LogP contribution in [0.25, 0.3) is 6.08 Å². The van der Waals surface area contributed by atoms with Gasteiger partial charge in [-0.2, -0.15) is 0 Å². The van der Waals surface area contributed by atoms with Crippen LogP contribution in [0.2, 0.25) is 0 Å². The first-order chi connectivity index (χ1) is 18.4. The molecule has 1 aliphatic rings. The molecule has 0 unspecified atom stereocenters. The lowest BCUT2D eigenvalue weighted by molar-refractivity contribution is -0.140. The predicted molar refractivity (Wildman–Crippen MR) is 149 cm³/mol. The molecule has 1 fully saturated rings. The maximum Gasteiger partial charge on any atom is 0.323 e. The lowest BCUT2D eigenvalue weighted by atomic mass is 10.1. The number of methoxy groups -OCH3 is 2. The van der Waals surface area contributed by atoms with Crippen LogP contribution < -0.4 is 18.9 Å². The fraction of sp³-hybridized carbons (Fsp3) is 0.179. The predicted octanol–water partition coefficient (Wildman–Crippen LogP) is 5.15. The highest BCUT2D eigenvalue weighted by Crippen LogP contribution is 2.35. The van der Waals surface area contributed by atoms with Crippen LogP contribution in [0, 0.1) is 0 Å². The molecule has 0 aromatic heterocycles. The molecule has 0 aliphatic carbocycles. The van der Waals surface area contributed by atoms with E-state index in [0.717, 1.165) is 39.3 Å². The number of carbonyl (C=O) groups excluding carboxylic acids is 1. The highest BCUT2D eigenvalue weighted by atomic mass is 32.2. The molecule has 8 nitrogen and oxygen atoms in total. The van der Waals surface area contributed by atoms with Gasteiger partial charge < -0.3 is 24.1 Å². The molecule has 10 heteroatoms. The number of ether oxygens (including phenoxy) is 4. The number of carboxylic acid groups (broad SMARTS) is 1. The molecular formula is C28H25NO7S2. The van der Waals surface area contributed by atoms with Gasteiger partial charge in [-0.25, -0.2) is 0 Å². The molecule has 196 valence electrons. The smallest absolute Gasteiger partial charge is 0.323 e. The molecule has 0 radical (unpaired) electrons. The van der Waals surface area contributed by atoms with E-state index in [1.165, 1.54) is 0 Å². The standard InChI is InChI=1S/C28H25NO7S2/c1-33-21-8-3-18(4-9-21)16-35-23-12-7-20(13-25-27(32)29(15-26(30)31)28(37)38-25)24(14-23)36-17-19-5-10-22(34-2)11-6-19/h3-14H,15-17H2,1-2H3,(H,30,31). The molecule has 1 aliphatic heterocycles. The van der Waals surface area contributed by atoms with E-state index >= 15 is 0 Å². The van der Waals surface area contributed by atoms with Gasteiger partial charge in [-0.3, -0.25) is 14.5 Å². The zero-order valence-electron chi connectivity index (χ0n) is 20.7. The molecule has 1 heterocycles. The van der Waals surface area contributed by atoms with Gasteiger partial charge >= 0.3 is 5.97 Å². The first kappa shape index (κ1) is 27.0. The van der Waals surface area contributed by atoms with Crippen LogP contribution >= 0.6 is 24.0 Å². The second-order valence-electron chi connectivity index (χ2n) is 8.13. The van der Waals surface area contributed by atoms with E-state index < -0.39 is 18.4 Å². The second-order valence-corrected chi connectivity index (χ2v) is 9.81. The number of benzene rings is 3. The fourth-order valence-corrected chi connectivity index (χ4v) is 4.78. The summed E-state index contributed by atoms with van der Waals surface area (Å²) in [5, 5.41) is 9.10. The number of aliphatic carboxylic acids is 1. The average Bonchev–Trinajstić information content (AvgIpc) is 3.19. The third-order valence-electron chi connectivity index (χ3n) is 5.56. The highest BCUT2D eigenvalue weighted by Gasteiger charge is 2.33. The molecular weight excluding hydrogens is 526 g/mol. The molecule has 3 aromatic carbocycles. The number of hydrogen-bond acceptors (Lipinski definition) is 8. The lowest BCUT2D eigenvalue weighted by Crippen LogP contribution is -2.33. The summed E-state index contributed by atoms with van der Waals surface area (Å²) >= 11 is 6.26. The Bertz CT molecular complexity index is 1350. The van der Waals surface area contributed by atoms with Crippen molar-refractivity contribution in [3.63, 3.8) is 0 Å². The van der Waals surface area contributed by atoms with Crippen molar-refractivity contribution in [2.45, 2.75) is 13.2 Å². The van der Waals surface area contributed by atoms with Gasteiger partial charge in [-0.15, -0.1) is 0 Å². The number of thioether (sulfide) groups is 1. The topological polar surface area (TPSA) is 94.5 Å². The normalized spacial score (nSPS) is 14.1. The maximum atomic E-state index is 12.8. The van der Waals surface area contributed by atoms with Gasteiger partial charge in [0.15, 0.2) is 0 Å². The number of thiocarbonyl (C=S) groups is 1. The molecule has 0 spiro atoms. The molecule has 4 rings (SSSR count). The van der Waals surface area contributed by atoms with Crippen LogP contribution in [0.3, 0.4) is 0 Å². The fourth-order valence-electron chi connectivity index (χ4n) is 3.53. The SMILES string of the molecule is COc1ccc(COc2ccc(C=C3SC(=S)N(CC(=O)O)C3=O)c(OCc3ccc(OC)cc3)c2)cc1. The van der Waals surface area contributed by atoms with Crippen LogP contribution in [0.15, 0.2) is 71.6 Å². The number of amides is 1. The first-order valence-corrected chi connectivity index (χ1v) is 12.7. The Morgan fingerprint density at radius 3 is 2.00 bits per heavy atom. The summed E-state index contributed by atoms with van der Waals surface area (Å²) in [6, 6.07) is 20.4. The summed E-state index contributed by atoms with van der Waals surface area (Å²) < 4.78 is 22.7. The van der Waals surface area contributed by atoms with Crippen molar-refractivity contribution in [1.29, 1.82) is 0 Å². The molecule has 1 N–H and O–H groups in total. The van der Waals surface area contributed by atoms with Gasteiger partial charge in [-0.1, -0.05) is 48.2 Å². The summed E-state index contributed by atoms with van der Waals surface area (Å²) in [5.41, 5.74) is 2.53. The first-order valence-electron chi connectivity index (χ1n) is 11.5. The highest BCUT2D eigenvalue weighted by molar-refractivity contribution is 8.26. The van der Waals surface area contributed by atoms with Gasteiger partial charge in [-0.05, 0) is 53.6 Å². The quantitative estimate of drug-likeness (QED) is 0.257. The van der Waals surface area contributed by atoms with Crippen molar-refractivity contribution in [1.82, 2.24) is 4.90 Å². The summed E-state index contributed by atoms with van der Waals surface area (Å²) in [6.07, 6.45) is 1.65. The third kappa shape index (κ3) is 6.84. The lowest BCUT2D eigenvalue weighted by Gasteiger charge is -2.14. The van der Waals surface area contributed by atoms with Crippen LogP contribution in [-0.2, 0) is 22.8 Å². The van der Waals surface area contributed by atoms with Gasteiger partial charge in [0, 0.05) is 11.6 Å². The summed E-state index contributed by atoms with van der Waals surface area (Å²) in [4.78, 5) is 25.3. The van der Waals surface area contributed by atoms with E-state index in [4.69, 9.17) is 36.3 Å². The number of nitrogens with zero attached hydrogens (tertiary/aromatic N) is 1. The molecule has 0 atom stereocenters. The third-order valence-corrected chi connectivity index (χ3v) is 6.93. The van der Waals surface area contributed by atoms with E-state index in [9.17, 15) is 9.59 Å². The second kappa shape index (κ2) is 12.5. The maximum absolute atomic E-state index is 12.8. The van der Waals surface area contributed by atoms with Crippen molar-refractivity contribution in [2.24, 2.45) is 0 Å². The molecule has 1 amide bonds. The van der Waals surface area contributed by atoms with Crippen LogP contribution in [-0.4, -0.2) is 47.0 Å². The van der Waals surface area contributed by atoms with E-state index in [-0.39, 0.29) is 10.9 Å². The van der Waals surface area contributed by atoms with E-state index in [1.807, 2.05) is 48.5 Å². The Kier molecular flexibility index (Phi) is 8.88. The summed E-state index contributed by atoms with van der Waals surface area (Å²) in [6.45, 7) is 0.128. The van der Waals surface area contributed by atoms with E-state index in [0.29, 0.717) is 28.6 Å². The molecule has 3 aromatic rings. The van der Waals surface area contributed by atoms with Crippen molar-refractivity contribution >= 4 is 46.3 Å². The largest absolute Gasteiger partial charge is 0.497 e. The van der Waals surface area contributed by atoms with Gasteiger partial charge in [0.05, 0.1) is 19.1 Å². The van der Waals surface area contributed by atoms with E-state index in [1.54, 1.807) is 38.5 Å². The Morgan fingerprint density at radius 2 is 1.45 bits per heavy atom. The monoisotopic (exact) mass is 551 g/mol. The number of carboxylic acids is 1. The Morgan fingerprint density at radius 1 is 0.895 bits per heavy atom. The molecule has 38 heavy (non-hydrogen) atoms. The Balaban J connectivity index is 1.57. The molecule has 1 saturated heterocycles. The van der Waals surface area contributed by atoms with E-state index in [2.05, 4.69) is 0 Å². The number of hydrogen-bond donors (Lipinski definition) is 1. The Labute approximate surface area is 229 Å². The van der Waals surface area contributed by atoms with Crippen molar-refractivity contribution in [3.05, 3.63) is 88.3 Å². The minimum Gasteiger partial charge on any atom is -0.497 e. The number of carbonyl (C=O) groups is 2. The van der Waals surface area contributed by atoms with Crippen molar-refractivity contribution < 1.29 is 33.6 Å². The van der Waals surface area contributed by atoms with Crippen molar-refractivity contribution in [2.75, 3.05) is 20.8 Å². The minimum absolute atomic E-state index is 0.198. The molecule has 0 bridgehead atoms. The zero-order chi connectivity index (χ0) is 27.1. The van der Waals surface area contributed by atoms with Crippen LogP contribution in [0.4, 0.5) is 0 Å². The zero-order valence-corrected chi connectivity index (χ0v) is 22.3. The average molecular weight is 552 g/mol.